The number of ether oxygens (including phenoxy) is 1. The molecule has 158 valence electrons. The van der Waals surface area contributed by atoms with Gasteiger partial charge in [-0.1, -0.05) is 18.2 Å². The fraction of sp³-hybridized carbons (Fsp3) is 0.143. The molecule has 3 aromatic carbocycles. The summed E-state index contributed by atoms with van der Waals surface area (Å²) in [4.78, 5) is 0.00146. The number of benzene rings is 3. The first-order valence-electron chi connectivity index (χ1n) is 8.98. The summed E-state index contributed by atoms with van der Waals surface area (Å²) in [6.45, 7) is 3.84. The van der Waals surface area contributed by atoms with Crippen molar-refractivity contribution in [2.45, 2.75) is 23.6 Å². The molecule has 0 radical (unpaired) electrons. The number of anilines is 2. The molecule has 30 heavy (non-hydrogen) atoms. The van der Waals surface area contributed by atoms with E-state index in [9.17, 15) is 16.8 Å². The number of hydrogen-bond donors (Lipinski definition) is 2. The molecule has 0 atom stereocenters. The van der Waals surface area contributed by atoms with E-state index < -0.39 is 20.0 Å². The van der Waals surface area contributed by atoms with Gasteiger partial charge in [-0.3, -0.25) is 9.44 Å². The predicted octanol–water partition coefficient (Wildman–Crippen LogP) is 3.91. The van der Waals surface area contributed by atoms with Crippen LogP contribution in [0, 0.1) is 13.8 Å². The zero-order valence-electron chi connectivity index (χ0n) is 16.7. The van der Waals surface area contributed by atoms with Gasteiger partial charge in [0, 0.05) is 11.4 Å². The molecule has 3 rings (SSSR count). The van der Waals surface area contributed by atoms with Crippen LogP contribution in [0.15, 0.2) is 76.5 Å². The Balaban J connectivity index is 1.81. The van der Waals surface area contributed by atoms with Crippen molar-refractivity contribution in [2.75, 3.05) is 16.6 Å². The van der Waals surface area contributed by atoms with E-state index in [-0.39, 0.29) is 21.2 Å². The maximum atomic E-state index is 12.6. The second-order valence-electron chi connectivity index (χ2n) is 6.69. The van der Waals surface area contributed by atoms with Crippen LogP contribution in [0.2, 0.25) is 0 Å². The van der Waals surface area contributed by atoms with Crippen molar-refractivity contribution in [1.29, 1.82) is 0 Å². The molecule has 0 aromatic heterocycles. The largest absolute Gasteiger partial charge is 0.495 e. The molecule has 0 aliphatic heterocycles. The van der Waals surface area contributed by atoms with Gasteiger partial charge in [0.25, 0.3) is 20.0 Å². The maximum absolute atomic E-state index is 12.6. The Kier molecular flexibility index (Phi) is 6.04. The number of aryl methyl sites for hydroxylation is 2. The van der Waals surface area contributed by atoms with Gasteiger partial charge in [-0.05, 0) is 73.5 Å². The van der Waals surface area contributed by atoms with E-state index in [1.807, 2.05) is 19.9 Å². The van der Waals surface area contributed by atoms with Crippen LogP contribution in [0.4, 0.5) is 11.4 Å². The molecule has 7 nitrogen and oxygen atoms in total. The molecule has 9 heteroatoms. The first kappa shape index (κ1) is 21.7. The summed E-state index contributed by atoms with van der Waals surface area (Å²) < 4.78 is 60.6. The normalized spacial score (nSPS) is 11.7. The third kappa shape index (κ3) is 4.74. The quantitative estimate of drug-likeness (QED) is 0.573. The van der Waals surface area contributed by atoms with Gasteiger partial charge in [0.05, 0.1) is 12.0 Å². The number of para-hydroxylation sites is 1. The summed E-state index contributed by atoms with van der Waals surface area (Å²) in [5.74, 6) is 0.210. The second-order valence-corrected chi connectivity index (χ2v) is 10.0. The number of nitrogens with one attached hydrogen (secondary N) is 2. The fourth-order valence-electron chi connectivity index (χ4n) is 2.77. The van der Waals surface area contributed by atoms with Crippen molar-refractivity contribution in [3.8, 4) is 5.75 Å². The Morgan fingerprint density at radius 1 is 0.700 bits per heavy atom. The number of hydrogen-bond acceptors (Lipinski definition) is 5. The molecule has 3 aromatic rings. The van der Waals surface area contributed by atoms with Crippen LogP contribution in [0.1, 0.15) is 11.1 Å². The third-order valence-electron chi connectivity index (χ3n) is 4.53. The second kappa shape index (κ2) is 8.37. The van der Waals surface area contributed by atoms with E-state index in [1.165, 1.54) is 37.4 Å². The van der Waals surface area contributed by atoms with E-state index in [1.54, 1.807) is 30.3 Å². The molecule has 2 N–H and O–H groups in total. The van der Waals surface area contributed by atoms with Gasteiger partial charge >= 0.3 is 0 Å². The lowest BCUT2D eigenvalue weighted by Gasteiger charge is -2.12. The van der Waals surface area contributed by atoms with Crippen LogP contribution < -0.4 is 14.2 Å². The molecule has 0 saturated heterocycles. The number of sulfonamides is 2. The van der Waals surface area contributed by atoms with Gasteiger partial charge in [-0.25, -0.2) is 16.8 Å². The van der Waals surface area contributed by atoms with Crippen LogP contribution in [0.3, 0.4) is 0 Å². The molecule has 0 saturated carbocycles. The van der Waals surface area contributed by atoms with E-state index in [2.05, 4.69) is 9.44 Å². The fourth-order valence-corrected chi connectivity index (χ4v) is 5.05. The SMILES string of the molecule is COc1ccccc1S(=O)(=O)Nc1ccc(S(=O)(=O)Nc2ccc(C)c(C)c2)cc1. The Hall–Kier alpha value is -3.04. The standard InChI is InChI=1S/C21H22N2O5S2/c1-15-8-9-18(14-16(15)2)23-29(24,25)19-12-10-17(11-13-19)22-30(26,27)21-7-5-4-6-20(21)28-3/h4-14,22-23H,1-3H3. The Morgan fingerprint density at radius 3 is 1.93 bits per heavy atom. The van der Waals surface area contributed by atoms with Crippen molar-refractivity contribution >= 4 is 31.4 Å². The predicted molar refractivity (Wildman–Crippen MR) is 117 cm³/mol. The molecule has 0 spiro atoms. The topological polar surface area (TPSA) is 102 Å². The third-order valence-corrected chi connectivity index (χ3v) is 7.35. The molecule has 0 amide bonds. The molecule has 0 aliphatic rings. The lowest BCUT2D eigenvalue weighted by atomic mass is 10.1. The summed E-state index contributed by atoms with van der Waals surface area (Å²) in [6.07, 6.45) is 0. The zero-order chi connectivity index (χ0) is 21.9. The molecular formula is C21H22N2O5S2. The van der Waals surface area contributed by atoms with Crippen molar-refractivity contribution in [1.82, 2.24) is 0 Å². The monoisotopic (exact) mass is 446 g/mol. The first-order chi connectivity index (χ1) is 14.1. The smallest absolute Gasteiger partial charge is 0.265 e. The summed E-state index contributed by atoms with van der Waals surface area (Å²) in [7, 11) is -6.33. The van der Waals surface area contributed by atoms with Crippen LogP contribution >= 0.6 is 0 Å². The highest BCUT2D eigenvalue weighted by molar-refractivity contribution is 7.93. The van der Waals surface area contributed by atoms with E-state index in [0.29, 0.717) is 5.69 Å². The van der Waals surface area contributed by atoms with Gasteiger partial charge < -0.3 is 4.74 Å². The van der Waals surface area contributed by atoms with Crippen LogP contribution in [-0.2, 0) is 20.0 Å². The summed E-state index contributed by atoms with van der Waals surface area (Å²) in [5, 5.41) is 0. The average Bonchev–Trinajstić information content (AvgIpc) is 2.70. The van der Waals surface area contributed by atoms with Crippen molar-refractivity contribution < 1.29 is 21.6 Å². The Morgan fingerprint density at radius 2 is 1.30 bits per heavy atom. The lowest BCUT2D eigenvalue weighted by Crippen LogP contribution is -2.15. The molecular weight excluding hydrogens is 424 g/mol. The van der Waals surface area contributed by atoms with Gasteiger partial charge in [-0.15, -0.1) is 0 Å². The van der Waals surface area contributed by atoms with Gasteiger partial charge in [-0.2, -0.15) is 0 Å². The van der Waals surface area contributed by atoms with E-state index in [4.69, 9.17) is 4.74 Å². The summed E-state index contributed by atoms with van der Waals surface area (Å²) >= 11 is 0. The number of methoxy groups -OCH3 is 1. The first-order valence-corrected chi connectivity index (χ1v) is 11.9. The van der Waals surface area contributed by atoms with Crippen LogP contribution in [-0.4, -0.2) is 23.9 Å². The molecule has 0 fully saturated rings. The molecule has 0 heterocycles. The van der Waals surface area contributed by atoms with E-state index in [0.717, 1.165) is 11.1 Å². The average molecular weight is 447 g/mol. The van der Waals surface area contributed by atoms with Gasteiger partial charge in [0.1, 0.15) is 10.6 Å². The number of rotatable bonds is 7. The van der Waals surface area contributed by atoms with Crippen molar-refractivity contribution in [2.24, 2.45) is 0 Å². The van der Waals surface area contributed by atoms with Crippen LogP contribution in [0.5, 0.6) is 5.75 Å². The zero-order valence-corrected chi connectivity index (χ0v) is 18.3. The highest BCUT2D eigenvalue weighted by Gasteiger charge is 2.20. The lowest BCUT2D eigenvalue weighted by molar-refractivity contribution is 0.403. The van der Waals surface area contributed by atoms with Gasteiger partial charge in [0.15, 0.2) is 0 Å². The molecule has 0 aliphatic carbocycles. The minimum atomic E-state index is -3.90. The van der Waals surface area contributed by atoms with Crippen molar-refractivity contribution in [3.05, 3.63) is 77.9 Å². The van der Waals surface area contributed by atoms with Gasteiger partial charge in [0.2, 0.25) is 0 Å². The highest BCUT2D eigenvalue weighted by atomic mass is 32.2. The minimum Gasteiger partial charge on any atom is -0.495 e. The highest BCUT2D eigenvalue weighted by Crippen LogP contribution is 2.26. The Labute approximate surface area is 176 Å². The van der Waals surface area contributed by atoms with E-state index >= 15 is 0 Å². The summed E-state index contributed by atoms with van der Waals surface area (Å²) in [5.41, 5.74) is 2.71. The van der Waals surface area contributed by atoms with Crippen molar-refractivity contribution in [3.63, 3.8) is 0 Å². The molecule has 0 bridgehead atoms. The maximum Gasteiger partial charge on any atom is 0.265 e. The van der Waals surface area contributed by atoms with Crippen LogP contribution in [0.25, 0.3) is 0 Å². The Bertz CT molecular complexity index is 1270. The minimum absolute atomic E-state index is 0.0133. The summed E-state index contributed by atoms with van der Waals surface area (Å²) in [6, 6.07) is 17.0. The molecule has 0 unspecified atom stereocenters.